The second-order valence-electron chi connectivity index (χ2n) is 30.9. The van der Waals surface area contributed by atoms with E-state index in [1.54, 1.807) is 0 Å². The molecule has 0 saturated carbocycles. The molecule has 2 unspecified atom stereocenters. The summed E-state index contributed by atoms with van der Waals surface area (Å²) in [5, 5.41) is 10.7. The van der Waals surface area contributed by atoms with Gasteiger partial charge in [0.05, 0.1) is 26.4 Å². The minimum atomic E-state index is -4.96. The van der Waals surface area contributed by atoms with Gasteiger partial charge in [0, 0.05) is 25.7 Å². The highest BCUT2D eigenvalue weighted by Crippen LogP contribution is 2.45. The van der Waals surface area contributed by atoms with Gasteiger partial charge in [0.1, 0.15) is 19.3 Å². The van der Waals surface area contributed by atoms with E-state index >= 15 is 0 Å². The molecule has 0 aliphatic heterocycles. The molecule has 0 saturated heterocycles. The van der Waals surface area contributed by atoms with Crippen LogP contribution in [0.4, 0.5) is 0 Å². The summed E-state index contributed by atoms with van der Waals surface area (Å²) < 4.78 is 68.8. The van der Waals surface area contributed by atoms with E-state index in [-0.39, 0.29) is 25.7 Å². The van der Waals surface area contributed by atoms with Crippen LogP contribution in [0.1, 0.15) is 427 Å². The van der Waals surface area contributed by atoms with Crippen molar-refractivity contribution in [2.75, 3.05) is 39.6 Å². The first kappa shape index (κ1) is 99.1. The molecule has 0 aliphatic carbocycles. The number of carbonyl (C=O) groups excluding carboxylic acids is 4. The van der Waals surface area contributed by atoms with Crippen LogP contribution in [-0.4, -0.2) is 96.7 Å². The molecule has 0 amide bonds. The van der Waals surface area contributed by atoms with E-state index < -0.39 is 97.5 Å². The number of esters is 4. The molecule has 0 radical (unpaired) electrons. The largest absolute Gasteiger partial charge is 0.472 e. The molecule has 0 rings (SSSR count). The van der Waals surface area contributed by atoms with Gasteiger partial charge in [-0.2, -0.15) is 0 Å². The maximum absolute atomic E-state index is 13.1. The maximum atomic E-state index is 13.1. The number of carbonyl (C=O) groups is 4. The summed E-state index contributed by atoms with van der Waals surface area (Å²) in [6, 6.07) is 0. The minimum Gasteiger partial charge on any atom is -0.462 e. The molecule has 0 aromatic carbocycles. The number of unbranched alkanes of at least 4 members (excludes halogenated alkanes) is 48. The van der Waals surface area contributed by atoms with E-state index in [2.05, 4.69) is 48.5 Å². The third-order valence-electron chi connectivity index (χ3n) is 19.1. The molecule has 0 bridgehead atoms. The lowest BCUT2D eigenvalue weighted by Gasteiger charge is -2.21. The first-order valence-electron chi connectivity index (χ1n) is 42.3. The standard InChI is InChI=1S/C82H160O17P2/c1-8-9-10-11-12-13-14-28-35-42-49-56-63-79(84)92-69-78(99-82(87)66-59-52-45-38-31-24-27-34-41-48-55-62-75(6)7)72-97-101(90,91)95-68-76(83)67-94-100(88,89)96-71-77(70-93-80(85)64-57-50-43-36-29-22-19-18-21-26-33-40-47-54-61-74(4)5)98-81(86)65-58-51-44-37-30-23-17-15-16-20-25-32-39-46-53-60-73(2)3/h73-78,83H,8-72H2,1-7H3,(H,88,89)(H,90,91)/t76-,77-,78-/m1/s1. The summed E-state index contributed by atoms with van der Waals surface area (Å²) in [7, 11) is -9.92. The molecule has 0 fully saturated rings. The molecule has 0 aromatic heterocycles. The molecule has 600 valence electrons. The van der Waals surface area contributed by atoms with Crippen LogP contribution in [0.2, 0.25) is 0 Å². The number of ether oxygens (including phenoxy) is 4. The van der Waals surface area contributed by atoms with Crippen molar-refractivity contribution < 1.29 is 80.2 Å². The van der Waals surface area contributed by atoms with E-state index in [1.807, 2.05) is 0 Å². The molecular formula is C82H160O17P2. The van der Waals surface area contributed by atoms with Gasteiger partial charge in [0.2, 0.25) is 0 Å². The molecule has 17 nitrogen and oxygen atoms in total. The van der Waals surface area contributed by atoms with Gasteiger partial charge in [-0.15, -0.1) is 0 Å². The van der Waals surface area contributed by atoms with Crippen molar-refractivity contribution in [2.45, 2.75) is 446 Å². The van der Waals surface area contributed by atoms with Crippen molar-refractivity contribution in [2.24, 2.45) is 17.8 Å². The predicted octanol–water partition coefficient (Wildman–Crippen LogP) is 24.5. The Labute approximate surface area is 619 Å². The highest BCUT2D eigenvalue weighted by molar-refractivity contribution is 7.47. The van der Waals surface area contributed by atoms with E-state index in [0.717, 1.165) is 108 Å². The molecule has 0 heterocycles. The Morgan fingerprint density at radius 1 is 0.267 bits per heavy atom. The van der Waals surface area contributed by atoms with Crippen LogP contribution in [0.15, 0.2) is 0 Å². The second kappa shape index (κ2) is 72.3. The summed E-state index contributed by atoms with van der Waals surface area (Å²) >= 11 is 0. The van der Waals surface area contributed by atoms with Crippen molar-refractivity contribution in [3.05, 3.63) is 0 Å². The Kier molecular flexibility index (Phi) is 70.9. The number of hydrogen-bond donors (Lipinski definition) is 3. The molecular weight excluding hydrogens is 1320 g/mol. The van der Waals surface area contributed by atoms with Gasteiger partial charge < -0.3 is 33.8 Å². The van der Waals surface area contributed by atoms with Gasteiger partial charge in [0.25, 0.3) is 0 Å². The average molecular weight is 1480 g/mol. The fourth-order valence-corrected chi connectivity index (χ4v) is 14.2. The molecule has 0 aliphatic rings. The van der Waals surface area contributed by atoms with Gasteiger partial charge >= 0.3 is 39.5 Å². The third-order valence-corrected chi connectivity index (χ3v) is 21.0. The van der Waals surface area contributed by atoms with E-state index in [9.17, 15) is 43.2 Å². The fourth-order valence-electron chi connectivity index (χ4n) is 12.7. The number of phosphoric acid groups is 2. The van der Waals surface area contributed by atoms with E-state index in [0.29, 0.717) is 25.7 Å². The summed E-state index contributed by atoms with van der Waals surface area (Å²) in [6.07, 6.45) is 60.9. The van der Waals surface area contributed by atoms with Crippen molar-refractivity contribution in [3.63, 3.8) is 0 Å². The summed E-state index contributed by atoms with van der Waals surface area (Å²) in [6.45, 7) is 12.0. The van der Waals surface area contributed by atoms with Crippen molar-refractivity contribution in [3.8, 4) is 0 Å². The lowest BCUT2D eigenvalue weighted by Crippen LogP contribution is -2.30. The SMILES string of the molecule is CCCCCCCCCCCCCCC(=O)OC[C@H](COP(=O)(O)OC[C@H](O)COP(=O)(O)OC[C@@H](COC(=O)CCCCCCCCCCCCCCCCC(C)C)OC(=O)CCCCCCCCCCCCCCCCCC(C)C)OC(=O)CCCCCCCCCCCCCC(C)C. The molecule has 0 spiro atoms. The fraction of sp³-hybridized carbons (Fsp3) is 0.951. The summed E-state index contributed by atoms with van der Waals surface area (Å²) in [5.74, 6) is 0.260. The molecule has 5 atom stereocenters. The van der Waals surface area contributed by atoms with Crippen molar-refractivity contribution in [1.29, 1.82) is 0 Å². The topological polar surface area (TPSA) is 237 Å². The van der Waals surface area contributed by atoms with Crippen LogP contribution >= 0.6 is 15.6 Å². The minimum absolute atomic E-state index is 0.107. The first-order valence-corrected chi connectivity index (χ1v) is 45.3. The molecule has 19 heteroatoms. The molecule has 0 aromatic rings. The highest BCUT2D eigenvalue weighted by atomic mass is 31.2. The average Bonchev–Trinajstić information content (AvgIpc) is 0.969. The number of aliphatic hydroxyl groups excluding tert-OH is 1. The molecule has 3 N–H and O–H groups in total. The lowest BCUT2D eigenvalue weighted by atomic mass is 10.0. The van der Waals surface area contributed by atoms with E-state index in [4.69, 9.17) is 37.0 Å². The van der Waals surface area contributed by atoms with Crippen LogP contribution in [0.5, 0.6) is 0 Å². The molecule has 101 heavy (non-hydrogen) atoms. The van der Waals surface area contributed by atoms with Crippen molar-refractivity contribution in [1.82, 2.24) is 0 Å². The number of hydrogen-bond acceptors (Lipinski definition) is 15. The van der Waals surface area contributed by atoms with Gasteiger partial charge in [-0.25, -0.2) is 9.13 Å². The zero-order valence-corrected chi connectivity index (χ0v) is 68.2. The zero-order valence-electron chi connectivity index (χ0n) is 66.4. The normalized spacial score (nSPS) is 14.0. The monoisotopic (exact) mass is 1480 g/mol. The Balaban J connectivity index is 5.26. The maximum Gasteiger partial charge on any atom is 0.472 e. The second-order valence-corrected chi connectivity index (χ2v) is 33.8. The Hall–Kier alpha value is -1.94. The van der Waals surface area contributed by atoms with Crippen LogP contribution in [0, 0.1) is 17.8 Å². The van der Waals surface area contributed by atoms with Gasteiger partial charge in [-0.1, -0.05) is 376 Å². The Morgan fingerprint density at radius 2 is 0.455 bits per heavy atom. The smallest absolute Gasteiger partial charge is 0.462 e. The van der Waals surface area contributed by atoms with Crippen LogP contribution in [0.25, 0.3) is 0 Å². The predicted molar refractivity (Wildman–Crippen MR) is 414 cm³/mol. The van der Waals surface area contributed by atoms with Gasteiger partial charge in [0.15, 0.2) is 12.2 Å². The highest BCUT2D eigenvalue weighted by Gasteiger charge is 2.30. The quantitative estimate of drug-likeness (QED) is 0.0222. The number of rotatable bonds is 80. The summed E-state index contributed by atoms with van der Waals surface area (Å²) in [4.78, 5) is 73.1. The Morgan fingerprint density at radius 3 is 0.673 bits per heavy atom. The zero-order chi connectivity index (χ0) is 74.4. The van der Waals surface area contributed by atoms with Gasteiger partial charge in [-0.05, 0) is 43.4 Å². The lowest BCUT2D eigenvalue weighted by molar-refractivity contribution is -0.161. The van der Waals surface area contributed by atoms with E-state index in [1.165, 1.54) is 238 Å². The first-order chi connectivity index (χ1) is 48.7. The van der Waals surface area contributed by atoms with Crippen LogP contribution in [0.3, 0.4) is 0 Å². The van der Waals surface area contributed by atoms with Crippen LogP contribution < -0.4 is 0 Å². The van der Waals surface area contributed by atoms with Crippen LogP contribution in [-0.2, 0) is 65.4 Å². The Bertz CT molecular complexity index is 1960. The third kappa shape index (κ3) is 76.1. The number of aliphatic hydroxyl groups is 1. The number of phosphoric ester groups is 2. The van der Waals surface area contributed by atoms with Gasteiger partial charge in [-0.3, -0.25) is 37.3 Å². The van der Waals surface area contributed by atoms with Crippen molar-refractivity contribution >= 4 is 39.5 Å². The summed E-state index contributed by atoms with van der Waals surface area (Å²) in [5.41, 5.74) is 0.